The Kier molecular flexibility index (Phi) is 3.68. The smallest absolute Gasteiger partial charge is 0.250 e. The Balaban J connectivity index is 2.00. The Morgan fingerprint density at radius 2 is 1.86 bits per heavy atom. The zero-order chi connectivity index (χ0) is 15.7. The maximum atomic E-state index is 11.5. The van der Waals surface area contributed by atoms with E-state index in [4.69, 9.17) is 0 Å². The van der Waals surface area contributed by atoms with E-state index in [0.29, 0.717) is 0 Å². The predicted molar refractivity (Wildman–Crippen MR) is 87.9 cm³/mol. The van der Waals surface area contributed by atoms with E-state index in [-0.39, 0.29) is 5.56 Å². The number of pyridine rings is 2. The second kappa shape index (κ2) is 5.51. The van der Waals surface area contributed by atoms with Gasteiger partial charge in [-0.1, -0.05) is 0 Å². The van der Waals surface area contributed by atoms with Gasteiger partial charge in [-0.3, -0.25) is 9.78 Å². The van der Waals surface area contributed by atoms with Crippen LogP contribution in [0.1, 0.15) is 17.4 Å². The zero-order valence-corrected chi connectivity index (χ0v) is 13.2. The van der Waals surface area contributed by atoms with Crippen LogP contribution in [0.3, 0.4) is 0 Å². The van der Waals surface area contributed by atoms with Gasteiger partial charge in [0.1, 0.15) is 5.60 Å². The van der Waals surface area contributed by atoms with Crippen LogP contribution in [-0.4, -0.2) is 14.7 Å². The second-order valence-corrected chi connectivity index (χ2v) is 6.42. The van der Waals surface area contributed by atoms with Gasteiger partial charge in [0.2, 0.25) is 5.56 Å². The van der Waals surface area contributed by atoms with Gasteiger partial charge in [-0.15, -0.1) is 11.3 Å². The number of aryl methyl sites for hydroxylation is 1. The van der Waals surface area contributed by atoms with Crippen LogP contribution in [0.5, 0.6) is 0 Å². The summed E-state index contributed by atoms with van der Waals surface area (Å²) in [5.41, 5.74) is 0.663. The van der Waals surface area contributed by atoms with Gasteiger partial charge >= 0.3 is 0 Å². The molecule has 4 nitrogen and oxygen atoms in total. The Morgan fingerprint density at radius 3 is 2.55 bits per heavy atom. The molecule has 0 aliphatic rings. The summed E-state index contributed by atoms with van der Waals surface area (Å²) < 4.78 is 1.55. The summed E-state index contributed by atoms with van der Waals surface area (Å²) in [5.74, 6) is 0. The molecule has 1 N–H and O–H groups in total. The molecule has 0 saturated carbocycles. The van der Waals surface area contributed by atoms with Crippen LogP contribution in [0.4, 0.5) is 0 Å². The van der Waals surface area contributed by atoms with E-state index in [1.165, 1.54) is 11.3 Å². The maximum Gasteiger partial charge on any atom is 0.250 e. The number of rotatable bonds is 3. The first-order chi connectivity index (χ1) is 10.5. The minimum absolute atomic E-state index is 0.0377. The predicted octanol–water partition coefficient (Wildman–Crippen LogP) is 2.76. The van der Waals surface area contributed by atoms with Crippen molar-refractivity contribution in [3.8, 4) is 10.4 Å². The Labute approximate surface area is 132 Å². The van der Waals surface area contributed by atoms with Crippen LogP contribution >= 0.6 is 11.3 Å². The van der Waals surface area contributed by atoms with Crippen molar-refractivity contribution in [1.29, 1.82) is 0 Å². The maximum absolute atomic E-state index is 11.5. The lowest BCUT2D eigenvalue weighted by atomic mass is 9.95. The summed E-state index contributed by atoms with van der Waals surface area (Å²) in [6, 6.07) is 10.9. The number of nitrogens with zero attached hydrogens (tertiary/aromatic N) is 2. The average molecular weight is 312 g/mol. The van der Waals surface area contributed by atoms with Crippen LogP contribution in [0.15, 0.2) is 59.8 Å². The number of aliphatic hydroxyl groups is 1. The highest BCUT2D eigenvalue weighted by Crippen LogP contribution is 2.37. The molecule has 0 spiro atoms. The van der Waals surface area contributed by atoms with Crippen molar-refractivity contribution < 1.29 is 5.11 Å². The van der Waals surface area contributed by atoms with Gasteiger partial charge in [-0.2, -0.15) is 0 Å². The lowest BCUT2D eigenvalue weighted by Gasteiger charge is -2.22. The van der Waals surface area contributed by atoms with Gasteiger partial charge in [0.15, 0.2) is 0 Å². The van der Waals surface area contributed by atoms with Gasteiger partial charge in [0, 0.05) is 47.0 Å². The molecule has 22 heavy (non-hydrogen) atoms. The molecule has 0 aromatic carbocycles. The summed E-state index contributed by atoms with van der Waals surface area (Å²) in [6.07, 6.45) is 5.15. The SMILES string of the molecule is Cn1cc(-c2ccc(C(C)(O)c3ccncc3)s2)ccc1=O. The van der Waals surface area contributed by atoms with Crippen molar-refractivity contribution in [3.05, 3.63) is 75.8 Å². The van der Waals surface area contributed by atoms with Crippen LogP contribution in [0.2, 0.25) is 0 Å². The lowest BCUT2D eigenvalue weighted by Crippen LogP contribution is -2.21. The van der Waals surface area contributed by atoms with Crippen molar-refractivity contribution in [2.45, 2.75) is 12.5 Å². The molecule has 3 aromatic rings. The van der Waals surface area contributed by atoms with Crippen molar-refractivity contribution in [1.82, 2.24) is 9.55 Å². The van der Waals surface area contributed by atoms with E-state index in [1.54, 1.807) is 49.3 Å². The van der Waals surface area contributed by atoms with Gasteiger partial charge in [-0.25, -0.2) is 0 Å². The minimum atomic E-state index is -1.06. The third kappa shape index (κ3) is 2.61. The summed E-state index contributed by atoms with van der Waals surface area (Å²) >= 11 is 1.52. The molecule has 0 aliphatic heterocycles. The summed E-state index contributed by atoms with van der Waals surface area (Å²) in [4.78, 5) is 17.3. The molecule has 112 valence electrons. The summed E-state index contributed by atoms with van der Waals surface area (Å²) in [6.45, 7) is 1.78. The molecule has 0 fully saturated rings. The van der Waals surface area contributed by atoms with Gasteiger partial charge in [0.25, 0.3) is 0 Å². The molecule has 1 atom stereocenters. The molecule has 0 bridgehead atoms. The number of thiophene rings is 1. The minimum Gasteiger partial charge on any atom is -0.380 e. The number of hydrogen-bond acceptors (Lipinski definition) is 4. The first-order valence-electron chi connectivity index (χ1n) is 6.89. The van der Waals surface area contributed by atoms with E-state index in [2.05, 4.69) is 4.98 Å². The largest absolute Gasteiger partial charge is 0.380 e. The molecule has 0 saturated heterocycles. The van der Waals surface area contributed by atoms with Crippen molar-refractivity contribution in [3.63, 3.8) is 0 Å². The molecule has 0 aliphatic carbocycles. The highest BCUT2D eigenvalue weighted by atomic mass is 32.1. The standard InChI is InChI=1S/C17H16N2O2S/c1-17(21,13-7-9-18-10-8-13)15-5-4-14(22-15)12-3-6-16(20)19(2)11-12/h3-11,21H,1-2H3. The van der Waals surface area contributed by atoms with Gasteiger partial charge in [-0.05, 0) is 42.8 Å². The van der Waals surface area contributed by atoms with Crippen molar-refractivity contribution >= 4 is 11.3 Å². The van der Waals surface area contributed by atoms with E-state index in [9.17, 15) is 9.90 Å². The Morgan fingerprint density at radius 1 is 1.14 bits per heavy atom. The van der Waals surface area contributed by atoms with E-state index in [0.717, 1.165) is 20.9 Å². The number of hydrogen-bond donors (Lipinski definition) is 1. The quantitative estimate of drug-likeness (QED) is 0.809. The topological polar surface area (TPSA) is 55.1 Å². The van der Waals surface area contributed by atoms with Crippen LogP contribution in [-0.2, 0) is 12.6 Å². The molecule has 5 heteroatoms. The fourth-order valence-corrected chi connectivity index (χ4v) is 3.38. The van der Waals surface area contributed by atoms with E-state index in [1.807, 2.05) is 24.3 Å². The Hall–Kier alpha value is -2.24. The van der Waals surface area contributed by atoms with E-state index < -0.39 is 5.60 Å². The molecule has 3 heterocycles. The fraction of sp³-hybridized carbons (Fsp3) is 0.176. The van der Waals surface area contributed by atoms with Gasteiger partial charge < -0.3 is 9.67 Å². The van der Waals surface area contributed by atoms with Crippen molar-refractivity contribution in [2.24, 2.45) is 7.05 Å². The Bertz CT molecular complexity index is 850. The first-order valence-corrected chi connectivity index (χ1v) is 7.70. The van der Waals surface area contributed by atoms with E-state index >= 15 is 0 Å². The summed E-state index contributed by atoms with van der Waals surface area (Å²) in [7, 11) is 1.73. The normalized spacial score (nSPS) is 13.8. The van der Waals surface area contributed by atoms with Crippen LogP contribution in [0.25, 0.3) is 10.4 Å². The molecule has 1 unspecified atom stereocenters. The zero-order valence-electron chi connectivity index (χ0n) is 12.4. The molecule has 3 rings (SSSR count). The first kappa shape index (κ1) is 14.7. The fourth-order valence-electron chi connectivity index (χ4n) is 2.31. The van der Waals surface area contributed by atoms with Crippen molar-refractivity contribution in [2.75, 3.05) is 0 Å². The average Bonchev–Trinajstić information content (AvgIpc) is 3.01. The van der Waals surface area contributed by atoms with Gasteiger partial charge in [0.05, 0.1) is 0 Å². The monoisotopic (exact) mass is 312 g/mol. The molecular formula is C17H16N2O2S. The molecular weight excluding hydrogens is 296 g/mol. The summed E-state index contributed by atoms with van der Waals surface area (Å²) in [5, 5.41) is 10.8. The molecule has 0 radical (unpaired) electrons. The third-order valence-electron chi connectivity index (χ3n) is 3.70. The second-order valence-electron chi connectivity index (χ2n) is 5.34. The lowest BCUT2D eigenvalue weighted by molar-refractivity contribution is 0.106. The third-order valence-corrected chi connectivity index (χ3v) is 5.04. The number of aromatic nitrogens is 2. The molecule has 3 aromatic heterocycles. The highest BCUT2D eigenvalue weighted by Gasteiger charge is 2.27. The van der Waals surface area contributed by atoms with Crippen LogP contribution in [0, 0.1) is 0 Å². The molecule has 0 amide bonds. The highest BCUT2D eigenvalue weighted by molar-refractivity contribution is 7.15. The van der Waals surface area contributed by atoms with Crippen LogP contribution < -0.4 is 5.56 Å².